The van der Waals surface area contributed by atoms with E-state index in [1.54, 1.807) is 0 Å². The standard InChI is InChI=1S/C12H11Cl2N/c1-6-8-4-15-5-9(8)7-2-3-10(13)12(14)11(6)7/h2-3,8-9,15H,1,4-5H2. The van der Waals surface area contributed by atoms with Crippen LogP contribution in [0, 0.1) is 5.92 Å². The lowest BCUT2D eigenvalue weighted by Crippen LogP contribution is -2.10. The fraction of sp³-hybridized carbons (Fsp3) is 0.333. The Balaban J connectivity index is 2.23. The van der Waals surface area contributed by atoms with E-state index in [1.165, 1.54) is 5.56 Å². The van der Waals surface area contributed by atoms with E-state index in [2.05, 4.69) is 18.0 Å². The number of rotatable bonds is 0. The maximum absolute atomic E-state index is 6.23. The van der Waals surface area contributed by atoms with Gasteiger partial charge in [-0.15, -0.1) is 0 Å². The van der Waals surface area contributed by atoms with E-state index < -0.39 is 0 Å². The molecule has 1 nitrogen and oxygen atoms in total. The van der Waals surface area contributed by atoms with Gasteiger partial charge in [0.15, 0.2) is 0 Å². The summed E-state index contributed by atoms with van der Waals surface area (Å²) in [4.78, 5) is 0. The first-order valence-corrected chi connectivity index (χ1v) is 5.83. The van der Waals surface area contributed by atoms with E-state index in [4.69, 9.17) is 23.2 Å². The van der Waals surface area contributed by atoms with Gasteiger partial charge in [0.2, 0.25) is 0 Å². The SMILES string of the molecule is C=C1c2c(ccc(Cl)c2Cl)C2CNCC12. The van der Waals surface area contributed by atoms with Crippen molar-refractivity contribution in [2.45, 2.75) is 5.92 Å². The van der Waals surface area contributed by atoms with Crippen LogP contribution >= 0.6 is 23.2 Å². The van der Waals surface area contributed by atoms with Crippen LogP contribution in [-0.4, -0.2) is 13.1 Å². The summed E-state index contributed by atoms with van der Waals surface area (Å²) in [6.45, 7) is 6.19. The smallest absolute Gasteiger partial charge is 0.0670 e. The predicted molar refractivity (Wildman–Crippen MR) is 64.6 cm³/mol. The number of hydrogen-bond donors (Lipinski definition) is 1. The highest BCUT2D eigenvalue weighted by Gasteiger charge is 2.40. The highest BCUT2D eigenvalue weighted by atomic mass is 35.5. The second-order valence-corrected chi connectivity index (χ2v) is 5.01. The Morgan fingerprint density at radius 1 is 1.20 bits per heavy atom. The molecule has 1 aromatic carbocycles. The highest BCUT2D eigenvalue weighted by Crippen LogP contribution is 2.50. The molecule has 15 heavy (non-hydrogen) atoms. The van der Waals surface area contributed by atoms with Crippen molar-refractivity contribution < 1.29 is 0 Å². The van der Waals surface area contributed by atoms with E-state index >= 15 is 0 Å². The molecule has 2 aliphatic rings. The van der Waals surface area contributed by atoms with Gasteiger partial charge in [-0.1, -0.05) is 35.8 Å². The molecule has 0 spiro atoms. The molecule has 0 radical (unpaired) electrons. The topological polar surface area (TPSA) is 12.0 Å². The molecule has 78 valence electrons. The summed E-state index contributed by atoms with van der Waals surface area (Å²) in [5.41, 5.74) is 3.55. The minimum absolute atomic E-state index is 0.510. The Kier molecular flexibility index (Phi) is 2.10. The van der Waals surface area contributed by atoms with Gasteiger partial charge in [-0.3, -0.25) is 0 Å². The third-order valence-corrected chi connectivity index (χ3v) is 4.31. The third-order valence-electron chi connectivity index (χ3n) is 3.51. The molecule has 1 aliphatic carbocycles. The molecule has 3 rings (SSSR count). The van der Waals surface area contributed by atoms with E-state index in [0.29, 0.717) is 21.9 Å². The van der Waals surface area contributed by atoms with Crippen LogP contribution in [0.15, 0.2) is 18.7 Å². The number of halogens is 2. The van der Waals surface area contributed by atoms with Crippen molar-refractivity contribution in [3.63, 3.8) is 0 Å². The van der Waals surface area contributed by atoms with Crippen molar-refractivity contribution in [3.05, 3.63) is 39.9 Å². The van der Waals surface area contributed by atoms with Crippen LogP contribution in [0.1, 0.15) is 17.0 Å². The normalized spacial score (nSPS) is 28.0. The van der Waals surface area contributed by atoms with Crippen molar-refractivity contribution in [2.75, 3.05) is 13.1 Å². The second-order valence-electron chi connectivity index (χ2n) is 4.22. The summed E-state index contributed by atoms with van der Waals surface area (Å²) in [6.07, 6.45) is 0. The van der Waals surface area contributed by atoms with Gasteiger partial charge < -0.3 is 5.32 Å². The monoisotopic (exact) mass is 239 g/mol. The van der Waals surface area contributed by atoms with Crippen LogP contribution in [-0.2, 0) is 0 Å². The zero-order chi connectivity index (χ0) is 10.6. The lowest BCUT2D eigenvalue weighted by Gasteiger charge is -2.08. The van der Waals surface area contributed by atoms with Gasteiger partial charge in [-0.2, -0.15) is 0 Å². The van der Waals surface area contributed by atoms with Crippen LogP contribution in [0.4, 0.5) is 0 Å². The molecule has 0 bridgehead atoms. The summed E-state index contributed by atoms with van der Waals surface area (Å²) < 4.78 is 0. The summed E-state index contributed by atoms with van der Waals surface area (Å²) in [5, 5.41) is 4.70. The predicted octanol–water partition coefficient (Wildman–Crippen LogP) is 3.32. The minimum atomic E-state index is 0.510. The molecule has 0 saturated carbocycles. The zero-order valence-electron chi connectivity index (χ0n) is 8.19. The van der Waals surface area contributed by atoms with Gasteiger partial charge in [0, 0.05) is 30.5 Å². The third kappa shape index (κ3) is 1.20. The molecule has 0 amide bonds. The maximum atomic E-state index is 6.23. The van der Waals surface area contributed by atoms with Gasteiger partial charge in [0.05, 0.1) is 10.0 Å². The summed E-state index contributed by atoms with van der Waals surface area (Å²) in [6, 6.07) is 3.98. The number of hydrogen-bond acceptors (Lipinski definition) is 1. The maximum Gasteiger partial charge on any atom is 0.0670 e. The fourth-order valence-electron chi connectivity index (χ4n) is 2.76. The van der Waals surface area contributed by atoms with E-state index in [1.807, 2.05) is 6.07 Å². The number of benzene rings is 1. The molecule has 1 aromatic rings. The average molecular weight is 240 g/mol. The minimum Gasteiger partial charge on any atom is -0.315 e. The largest absolute Gasteiger partial charge is 0.315 e. The Morgan fingerprint density at radius 2 is 1.93 bits per heavy atom. The summed E-state index contributed by atoms with van der Waals surface area (Å²) in [5.74, 6) is 1.05. The average Bonchev–Trinajstić information content (AvgIpc) is 2.76. The van der Waals surface area contributed by atoms with Crippen molar-refractivity contribution >= 4 is 28.8 Å². The molecule has 1 aliphatic heterocycles. The number of fused-ring (bicyclic) bond motifs is 3. The van der Waals surface area contributed by atoms with E-state index in [9.17, 15) is 0 Å². The van der Waals surface area contributed by atoms with Crippen molar-refractivity contribution in [3.8, 4) is 0 Å². The van der Waals surface area contributed by atoms with Gasteiger partial charge >= 0.3 is 0 Å². The van der Waals surface area contributed by atoms with Gasteiger partial charge in [0.1, 0.15) is 0 Å². The van der Waals surface area contributed by atoms with Gasteiger partial charge in [-0.05, 0) is 17.2 Å². The Bertz CT molecular complexity index is 453. The lowest BCUT2D eigenvalue weighted by molar-refractivity contribution is 0.684. The molecular weight excluding hydrogens is 229 g/mol. The molecule has 1 saturated heterocycles. The van der Waals surface area contributed by atoms with Crippen LogP contribution in [0.5, 0.6) is 0 Å². The van der Waals surface area contributed by atoms with E-state index in [0.717, 1.165) is 24.2 Å². The molecule has 2 atom stereocenters. The highest BCUT2D eigenvalue weighted by molar-refractivity contribution is 6.43. The van der Waals surface area contributed by atoms with Crippen LogP contribution in [0.3, 0.4) is 0 Å². The van der Waals surface area contributed by atoms with Crippen LogP contribution in [0.2, 0.25) is 10.0 Å². The Hall–Kier alpha value is -0.500. The summed E-state index contributed by atoms with van der Waals surface area (Å²) >= 11 is 12.3. The summed E-state index contributed by atoms with van der Waals surface area (Å²) in [7, 11) is 0. The first-order chi connectivity index (χ1) is 7.20. The van der Waals surface area contributed by atoms with Crippen LogP contribution in [0.25, 0.3) is 5.57 Å². The molecule has 0 aromatic heterocycles. The fourth-order valence-corrected chi connectivity index (χ4v) is 3.21. The molecular formula is C12H11Cl2N. The molecule has 3 heteroatoms. The van der Waals surface area contributed by atoms with E-state index in [-0.39, 0.29) is 0 Å². The number of nitrogens with one attached hydrogen (secondary N) is 1. The lowest BCUT2D eigenvalue weighted by atomic mass is 9.95. The van der Waals surface area contributed by atoms with Crippen LogP contribution < -0.4 is 5.32 Å². The Labute approximate surface area is 99.1 Å². The molecule has 1 N–H and O–H groups in total. The van der Waals surface area contributed by atoms with Crippen molar-refractivity contribution in [1.82, 2.24) is 5.32 Å². The molecule has 2 unspecified atom stereocenters. The van der Waals surface area contributed by atoms with Crippen molar-refractivity contribution in [2.24, 2.45) is 5.92 Å². The molecule has 1 heterocycles. The quantitative estimate of drug-likeness (QED) is 0.733. The van der Waals surface area contributed by atoms with Gasteiger partial charge in [0.25, 0.3) is 0 Å². The zero-order valence-corrected chi connectivity index (χ0v) is 9.70. The van der Waals surface area contributed by atoms with Gasteiger partial charge in [-0.25, -0.2) is 0 Å². The second kappa shape index (κ2) is 3.24. The first-order valence-electron chi connectivity index (χ1n) is 5.08. The van der Waals surface area contributed by atoms with Crippen molar-refractivity contribution in [1.29, 1.82) is 0 Å². The Morgan fingerprint density at radius 3 is 2.73 bits per heavy atom. The molecule has 1 fully saturated rings. The first kappa shape index (κ1) is 9.71.